The molecule has 2 rings (SSSR count). The molecular weight excluding hydrogens is 295 g/mol. The lowest BCUT2D eigenvalue weighted by molar-refractivity contribution is -0.137. The SMILES string of the molecule is O=C(O)c1cnc(-c2ccccc2C(F)(F)F)c(Cl)c1. The van der Waals surface area contributed by atoms with Crippen molar-refractivity contribution in [3.63, 3.8) is 0 Å². The standard InChI is InChI=1S/C13H7ClF3NO2/c14-10-5-7(12(19)20)6-18-11(10)8-3-1-2-4-9(8)13(15,16)17/h1-6H,(H,19,20). The third-order valence-electron chi connectivity index (χ3n) is 2.58. The maximum atomic E-state index is 12.9. The number of pyridine rings is 1. The largest absolute Gasteiger partial charge is 0.478 e. The molecule has 0 saturated carbocycles. The van der Waals surface area contributed by atoms with Gasteiger partial charge < -0.3 is 5.11 Å². The Balaban J connectivity index is 2.61. The second-order valence-electron chi connectivity index (χ2n) is 3.90. The van der Waals surface area contributed by atoms with Gasteiger partial charge in [0, 0.05) is 11.8 Å². The minimum Gasteiger partial charge on any atom is -0.478 e. The number of benzene rings is 1. The Hall–Kier alpha value is -2.08. The molecule has 1 aromatic carbocycles. The Labute approximate surface area is 116 Å². The lowest BCUT2D eigenvalue weighted by Crippen LogP contribution is -2.08. The molecule has 0 aliphatic heterocycles. The van der Waals surface area contributed by atoms with Gasteiger partial charge in [0.05, 0.1) is 21.8 Å². The van der Waals surface area contributed by atoms with Crippen LogP contribution in [0.15, 0.2) is 36.5 Å². The van der Waals surface area contributed by atoms with E-state index >= 15 is 0 Å². The topological polar surface area (TPSA) is 50.2 Å². The second kappa shape index (κ2) is 5.13. The first kappa shape index (κ1) is 14.3. The van der Waals surface area contributed by atoms with Crippen LogP contribution in [0.1, 0.15) is 15.9 Å². The average molecular weight is 302 g/mol. The molecule has 104 valence electrons. The molecule has 1 N–H and O–H groups in total. The van der Waals surface area contributed by atoms with Crippen molar-refractivity contribution in [1.29, 1.82) is 0 Å². The molecule has 7 heteroatoms. The fraction of sp³-hybridized carbons (Fsp3) is 0.0769. The average Bonchev–Trinajstić information content (AvgIpc) is 2.37. The van der Waals surface area contributed by atoms with Crippen LogP contribution in [0.2, 0.25) is 5.02 Å². The molecule has 0 atom stereocenters. The summed E-state index contributed by atoms with van der Waals surface area (Å²) < 4.78 is 38.7. The first-order valence-electron chi connectivity index (χ1n) is 5.36. The molecule has 2 aromatic rings. The number of aromatic nitrogens is 1. The molecule has 0 fully saturated rings. The smallest absolute Gasteiger partial charge is 0.417 e. The van der Waals surface area contributed by atoms with E-state index in [1.807, 2.05) is 0 Å². The van der Waals surface area contributed by atoms with Gasteiger partial charge >= 0.3 is 12.1 Å². The third kappa shape index (κ3) is 2.75. The van der Waals surface area contributed by atoms with Gasteiger partial charge in [-0.2, -0.15) is 13.2 Å². The van der Waals surface area contributed by atoms with Gasteiger partial charge in [0.1, 0.15) is 0 Å². The van der Waals surface area contributed by atoms with Crippen LogP contribution in [0, 0.1) is 0 Å². The predicted octanol–water partition coefficient (Wildman–Crippen LogP) is 4.12. The zero-order chi connectivity index (χ0) is 14.9. The fourth-order valence-electron chi connectivity index (χ4n) is 1.69. The van der Waals surface area contributed by atoms with Gasteiger partial charge in [-0.25, -0.2) is 4.79 Å². The molecule has 0 bridgehead atoms. The number of halogens is 4. The second-order valence-corrected chi connectivity index (χ2v) is 4.31. The van der Waals surface area contributed by atoms with Crippen molar-refractivity contribution in [2.24, 2.45) is 0 Å². The normalized spacial score (nSPS) is 11.4. The van der Waals surface area contributed by atoms with Crippen LogP contribution in [-0.2, 0) is 6.18 Å². The van der Waals surface area contributed by atoms with E-state index in [4.69, 9.17) is 16.7 Å². The van der Waals surface area contributed by atoms with E-state index in [0.717, 1.165) is 18.3 Å². The maximum Gasteiger partial charge on any atom is 0.417 e. The van der Waals surface area contributed by atoms with Crippen molar-refractivity contribution in [1.82, 2.24) is 4.98 Å². The summed E-state index contributed by atoms with van der Waals surface area (Å²) in [5, 5.41) is 8.62. The number of rotatable bonds is 2. The molecule has 1 aromatic heterocycles. The van der Waals surface area contributed by atoms with Gasteiger partial charge in [-0.1, -0.05) is 29.8 Å². The van der Waals surface area contributed by atoms with Crippen LogP contribution in [0.25, 0.3) is 11.3 Å². The lowest BCUT2D eigenvalue weighted by Gasteiger charge is -2.13. The van der Waals surface area contributed by atoms with Crippen molar-refractivity contribution in [2.45, 2.75) is 6.18 Å². The van der Waals surface area contributed by atoms with Crippen molar-refractivity contribution in [3.8, 4) is 11.3 Å². The quantitative estimate of drug-likeness (QED) is 0.907. The highest BCUT2D eigenvalue weighted by Crippen LogP contribution is 2.38. The van der Waals surface area contributed by atoms with Crippen molar-refractivity contribution < 1.29 is 23.1 Å². The predicted molar refractivity (Wildman–Crippen MR) is 66.6 cm³/mol. The van der Waals surface area contributed by atoms with Gasteiger partial charge in [0.2, 0.25) is 0 Å². The van der Waals surface area contributed by atoms with Crippen LogP contribution in [-0.4, -0.2) is 16.1 Å². The highest BCUT2D eigenvalue weighted by atomic mass is 35.5. The summed E-state index contributed by atoms with van der Waals surface area (Å²) in [5.74, 6) is -1.25. The van der Waals surface area contributed by atoms with Crippen molar-refractivity contribution >= 4 is 17.6 Å². The molecule has 0 spiro atoms. The molecule has 0 amide bonds. The van der Waals surface area contributed by atoms with E-state index < -0.39 is 17.7 Å². The van der Waals surface area contributed by atoms with Crippen LogP contribution >= 0.6 is 11.6 Å². The summed E-state index contributed by atoms with van der Waals surface area (Å²) in [7, 11) is 0. The maximum absolute atomic E-state index is 12.9. The van der Waals surface area contributed by atoms with E-state index in [9.17, 15) is 18.0 Å². The zero-order valence-corrected chi connectivity index (χ0v) is 10.5. The van der Waals surface area contributed by atoms with Crippen LogP contribution in [0.5, 0.6) is 0 Å². The molecule has 0 aliphatic carbocycles. The monoisotopic (exact) mass is 301 g/mol. The van der Waals surface area contributed by atoms with Crippen molar-refractivity contribution in [3.05, 3.63) is 52.7 Å². The van der Waals surface area contributed by atoms with E-state index in [1.54, 1.807) is 0 Å². The number of nitrogens with zero attached hydrogens (tertiary/aromatic N) is 1. The van der Waals surface area contributed by atoms with Gasteiger partial charge in [-0.15, -0.1) is 0 Å². The molecule has 0 saturated heterocycles. The van der Waals surface area contributed by atoms with Crippen LogP contribution in [0.4, 0.5) is 13.2 Å². The number of alkyl halides is 3. The highest BCUT2D eigenvalue weighted by molar-refractivity contribution is 6.33. The van der Waals surface area contributed by atoms with E-state index in [-0.39, 0.29) is 21.8 Å². The number of hydrogen-bond acceptors (Lipinski definition) is 2. The number of carbonyl (C=O) groups is 1. The molecule has 0 radical (unpaired) electrons. The number of carboxylic acids is 1. The molecule has 3 nitrogen and oxygen atoms in total. The first-order valence-corrected chi connectivity index (χ1v) is 5.74. The lowest BCUT2D eigenvalue weighted by atomic mass is 10.0. The minimum atomic E-state index is -4.55. The summed E-state index contributed by atoms with van der Waals surface area (Å²) in [6.45, 7) is 0. The fourth-order valence-corrected chi connectivity index (χ4v) is 1.96. The van der Waals surface area contributed by atoms with Gasteiger partial charge in [0.15, 0.2) is 0 Å². The third-order valence-corrected chi connectivity index (χ3v) is 2.86. The summed E-state index contributed by atoms with van der Waals surface area (Å²) in [5.41, 5.74) is -1.37. The van der Waals surface area contributed by atoms with Crippen LogP contribution in [0.3, 0.4) is 0 Å². The minimum absolute atomic E-state index is 0.107. The summed E-state index contributed by atoms with van der Waals surface area (Å²) in [4.78, 5) is 14.5. The van der Waals surface area contributed by atoms with Crippen molar-refractivity contribution in [2.75, 3.05) is 0 Å². The molecule has 20 heavy (non-hydrogen) atoms. The summed E-state index contributed by atoms with van der Waals surface area (Å²) in [6.07, 6.45) is -3.58. The number of aromatic carboxylic acids is 1. The molecular formula is C13H7ClF3NO2. The number of carboxylic acid groups (broad SMARTS) is 1. The Morgan fingerprint density at radius 2 is 1.90 bits per heavy atom. The summed E-state index contributed by atoms with van der Waals surface area (Å²) >= 11 is 5.84. The van der Waals surface area contributed by atoms with E-state index in [1.165, 1.54) is 18.2 Å². The Bertz CT molecular complexity index is 671. The molecule has 0 unspecified atom stereocenters. The molecule has 0 aliphatic rings. The number of hydrogen-bond donors (Lipinski definition) is 1. The Morgan fingerprint density at radius 1 is 1.25 bits per heavy atom. The van der Waals surface area contributed by atoms with E-state index in [2.05, 4.69) is 4.98 Å². The zero-order valence-electron chi connectivity index (χ0n) is 9.78. The first-order chi connectivity index (χ1) is 9.30. The Kier molecular flexibility index (Phi) is 3.67. The van der Waals surface area contributed by atoms with Gasteiger partial charge in [-0.05, 0) is 12.1 Å². The molecule has 1 heterocycles. The Morgan fingerprint density at radius 3 is 2.45 bits per heavy atom. The highest BCUT2D eigenvalue weighted by Gasteiger charge is 2.34. The summed E-state index contributed by atoms with van der Waals surface area (Å²) in [6, 6.07) is 5.90. The van der Waals surface area contributed by atoms with Gasteiger partial charge in [-0.3, -0.25) is 4.98 Å². The van der Waals surface area contributed by atoms with E-state index in [0.29, 0.717) is 0 Å². The van der Waals surface area contributed by atoms with Gasteiger partial charge in [0.25, 0.3) is 0 Å². The van der Waals surface area contributed by atoms with Crippen LogP contribution < -0.4 is 0 Å².